The van der Waals surface area contributed by atoms with Crippen LogP contribution < -0.4 is 5.56 Å². The molecule has 2 aromatic rings. The molecule has 2 aromatic heterocycles. The van der Waals surface area contributed by atoms with Gasteiger partial charge in [0.15, 0.2) is 5.52 Å². The van der Waals surface area contributed by atoms with Crippen molar-refractivity contribution in [2.24, 2.45) is 0 Å². The predicted molar refractivity (Wildman–Crippen MR) is 68.9 cm³/mol. The number of aryl methyl sites for hydroxylation is 1. The van der Waals surface area contributed by atoms with Gasteiger partial charge in [0.05, 0.1) is 24.6 Å². The molecule has 0 saturated carbocycles. The molecule has 3 N–H and O–H groups in total. The van der Waals surface area contributed by atoms with E-state index in [2.05, 4.69) is 9.97 Å². The standard InChI is InChI=1S/C12H17N3O4/c1-19-10(6-16)9(17)3-5-15-7-14-11-8(15)2-4-13-12(11)18/h2,4,7,9-10,16-17H,3,5-6H2,1H3,(H,13,18). The van der Waals surface area contributed by atoms with Gasteiger partial charge >= 0.3 is 0 Å². The average Bonchev–Trinajstić information content (AvgIpc) is 2.82. The molecule has 0 aliphatic rings. The van der Waals surface area contributed by atoms with Crippen LogP contribution in [0.3, 0.4) is 0 Å². The fourth-order valence-electron chi connectivity index (χ4n) is 1.99. The molecule has 7 nitrogen and oxygen atoms in total. The number of ether oxygens (including phenoxy) is 1. The van der Waals surface area contributed by atoms with E-state index in [1.54, 1.807) is 23.2 Å². The summed E-state index contributed by atoms with van der Waals surface area (Å²) in [6.07, 6.45) is 2.16. The summed E-state index contributed by atoms with van der Waals surface area (Å²) in [6.45, 7) is 0.253. The maximum atomic E-state index is 11.5. The molecule has 0 radical (unpaired) electrons. The molecule has 2 heterocycles. The second-order valence-electron chi connectivity index (χ2n) is 4.29. The minimum absolute atomic E-state index is 0.234. The Bertz CT molecular complexity index is 588. The van der Waals surface area contributed by atoms with Gasteiger partial charge in [-0.25, -0.2) is 4.98 Å². The van der Waals surface area contributed by atoms with E-state index in [0.717, 1.165) is 0 Å². The molecule has 0 fully saturated rings. The van der Waals surface area contributed by atoms with Crippen LogP contribution in [0, 0.1) is 0 Å². The van der Waals surface area contributed by atoms with E-state index in [9.17, 15) is 9.90 Å². The second kappa shape index (κ2) is 5.96. The Morgan fingerprint density at radius 1 is 1.58 bits per heavy atom. The van der Waals surface area contributed by atoms with Gasteiger partial charge in [-0.1, -0.05) is 0 Å². The van der Waals surface area contributed by atoms with Gasteiger partial charge < -0.3 is 24.5 Å². The van der Waals surface area contributed by atoms with Crippen molar-refractivity contribution in [1.82, 2.24) is 14.5 Å². The number of hydrogen-bond donors (Lipinski definition) is 3. The van der Waals surface area contributed by atoms with Crippen LogP contribution >= 0.6 is 0 Å². The van der Waals surface area contributed by atoms with Gasteiger partial charge in [-0.15, -0.1) is 0 Å². The third-order valence-corrected chi connectivity index (χ3v) is 3.13. The van der Waals surface area contributed by atoms with Crippen molar-refractivity contribution in [3.63, 3.8) is 0 Å². The van der Waals surface area contributed by atoms with Gasteiger partial charge in [-0.3, -0.25) is 4.79 Å². The molecule has 7 heteroatoms. The molecule has 2 rings (SSSR count). The van der Waals surface area contributed by atoms with Gasteiger partial charge in [0.25, 0.3) is 5.56 Å². The molecule has 0 amide bonds. The van der Waals surface area contributed by atoms with E-state index in [-0.39, 0.29) is 12.2 Å². The Kier molecular flexibility index (Phi) is 4.31. The number of methoxy groups -OCH3 is 1. The molecule has 0 bridgehead atoms. The number of aromatic amines is 1. The Hall–Kier alpha value is -1.70. The van der Waals surface area contributed by atoms with Crippen LogP contribution in [-0.2, 0) is 11.3 Å². The third kappa shape index (κ3) is 2.83. The van der Waals surface area contributed by atoms with Crippen LogP contribution in [0.4, 0.5) is 0 Å². The fraction of sp³-hybridized carbons (Fsp3) is 0.500. The number of aromatic nitrogens is 3. The summed E-state index contributed by atoms with van der Waals surface area (Å²) < 4.78 is 6.75. The molecular weight excluding hydrogens is 250 g/mol. The number of nitrogens with zero attached hydrogens (tertiary/aromatic N) is 2. The molecule has 0 aliphatic heterocycles. The van der Waals surface area contributed by atoms with Crippen LogP contribution in [0.5, 0.6) is 0 Å². The molecule has 0 saturated heterocycles. The van der Waals surface area contributed by atoms with E-state index >= 15 is 0 Å². The Balaban J connectivity index is 2.10. The maximum absolute atomic E-state index is 11.5. The van der Waals surface area contributed by atoms with Crippen LogP contribution in [0.2, 0.25) is 0 Å². The van der Waals surface area contributed by atoms with Crippen molar-refractivity contribution in [3.05, 3.63) is 28.9 Å². The summed E-state index contributed by atoms with van der Waals surface area (Å²) in [5.41, 5.74) is 0.860. The van der Waals surface area contributed by atoms with E-state index in [1.807, 2.05) is 0 Å². The number of rotatable bonds is 6. The van der Waals surface area contributed by atoms with Crippen LogP contribution in [0.1, 0.15) is 6.42 Å². The molecule has 2 atom stereocenters. The van der Waals surface area contributed by atoms with Gasteiger partial charge in [0.1, 0.15) is 6.10 Å². The first-order valence-electron chi connectivity index (χ1n) is 6.01. The van der Waals surface area contributed by atoms with E-state index in [4.69, 9.17) is 9.84 Å². The first kappa shape index (κ1) is 13.7. The lowest BCUT2D eigenvalue weighted by atomic mass is 10.1. The minimum Gasteiger partial charge on any atom is -0.394 e. The zero-order valence-corrected chi connectivity index (χ0v) is 10.6. The minimum atomic E-state index is -0.769. The van der Waals surface area contributed by atoms with E-state index in [0.29, 0.717) is 24.0 Å². The smallest absolute Gasteiger partial charge is 0.276 e. The summed E-state index contributed by atoms with van der Waals surface area (Å²) >= 11 is 0. The summed E-state index contributed by atoms with van der Waals surface area (Å²) in [4.78, 5) is 18.1. The number of hydrogen-bond acceptors (Lipinski definition) is 5. The lowest BCUT2D eigenvalue weighted by Crippen LogP contribution is -2.32. The topological polar surface area (TPSA) is 100 Å². The number of aliphatic hydroxyl groups excluding tert-OH is 2. The number of fused-ring (bicyclic) bond motifs is 1. The summed E-state index contributed by atoms with van der Waals surface area (Å²) in [7, 11) is 1.44. The quantitative estimate of drug-likeness (QED) is 0.654. The first-order chi connectivity index (χ1) is 9.17. The van der Waals surface area contributed by atoms with E-state index in [1.165, 1.54) is 7.11 Å². The monoisotopic (exact) mass is 267 g/mol. The van der Waals surface area contributed by atoms with Gasteiger partial charge in [0, 0.05) is 19.9 Å². The highest BCUT2D eigenvalue weighted by atomic mass is 16.5. The SMILES string of the molecule is COC(CO)C(O)CCn1cnc2c(=O)[nH]ccc21. The largest absolute Gasteiger partial charge is 0.394 e. The van der Waals surface area contributed by atoms with Crippen LogP contribution in [0.25, 0.3) is 11.0 Å². The average molecular weight is 267 g/mol. The third-order valence-electron chi connectivity index (χ3n) is 3.13. The van der Waals surface area contributed by atoms with Crippen molar-refractivity contribution in [2.45, 2.75) is 25.2 Å². The van der Waals surface area contributed by atoms with Crippen molar-refractivity contribution in [1.29, 1.82) is 0 Å². The number of imidazole rings is 1. The van der Waals surface area contributed by atoms with Crippen LogP contribution in [0.15, 0.2) is 23.4 Å². The van der Waals surface area contributed by atoms with Crippen molar-refractivity contribution in [3.8, 4) is 0 Å². The highest BCUT2D eigenvalue weighted by Crippen LogP contribution is 2.10. The summed E-state index contributed by atoms with van der Waals surface area (Å²) in [6, 6.07) is 1.76. The second-order valence-corrected chi connectivity index (χ2v) is 4.29. The molecule has 19 heavy (non-hydrogen) atoms. The normalized spacial score (nSPS) is 14.7. The molecule has 0 aliphatic carbocycles. The predicted octanol–water partition coefficient (Wildman–Crippen LogP) is -0.517. The van der Waals surface area contributed by atoms with Crippen molar-refractivity contribution in [2.75, 3.05) is 13.7 Å². The zero-order chi connectivity index (χ0) is 13.8. The molecule has 2 unspecified atom stereocenters. The fourth-order valence-corrected chi connectivity index (χ4v) is 1.99. The van der Waals surface area contributed by atoms with Crippen LogP contribution in [-0.4, -0.2) is 50.7 Å². The Labute approximate surface area is 109 Å². The van der Waals surface area contributed by atoms with E-state index < -0.39 is 12.2 Å². The molecule has 0 spiro atoms. The number of nitrogens with one attached hydrogen (secondary N) is 1. The summed E-state index contributed by atoms with van der Waals surface area (Å²) in [5, 5.41) is 18.9. The lowest BCUT2D eigenvalue weighted by molar-refractivity contribution is -0.0450. The summed E-state index contributed by atoms with van der Waals surface area (Å²) in [5.74, 6) is 0. The molecule has 0 aromatic carbocycles. The highest BCUT2D eigenvalue weighted by Gasteiger charge is 2.17. The Morgan fingerprint density at radius 3 is 3.05 bits per heavy atom. The zero-order valence-electron chi connectivity index (χ0n) is 10.6. The van der Waals surface area contributed by atoms with Gasteiger partial charge in [0.2, 0.25) is 0 Å². The highest BCUT2D eigenvalue weighted by molar-refractivity contribution is 5.73. The van der Waals surface area contributed by atoms with Gasteiger partial charge in [-0.05, 0) is 12.5 Å². The number of pyridine rings is 1. The lowest BCUT2D eigenvalue weighted by Gasteiger charge is -2.19. The number of H-pyrrole nitrogens is 1. The maximum Gasteiger partial charge on any atom is 0.276 e. The van der Waals surface area contributed by atoms with Gasteiger partial charge in [-0.2, -0.15) is 0 Å². The first-order valence-corrected chi connectivity index (χ1v) is 6.01. The molecular formula is C12H17N3O4. The Morgan fingerprint density at radius 2 is 2.37 bits per heavy atom. The van der Waals surface area contributed by atoms with Crippen molar-refractivity contribution >= 4 is 11.0 Å². The number of aliphatic hydroxyl groups is 2. The van der Waals surface area contributed by atoms with Crippen molar-refractivity contribution < 1.29 is 14.9 Å². The molecule has 104 valence electrons.